The number of aliphatic carboxylic acids is 2. The van der Waals surface area contributed by atoms with E-state index in [4.69, 9.17) is 24.5 Å². The monoisotopic (exact) mass is 217 g/mol. The number of morpholine rings is 1. The number of nitrogens with one attached hydrogen (secondary N) is 1. The first kappa shape index (κ1) is 11.9. The maximum atomic E-state index is 9.10. The number of hydrogen-bond acceptors (Lipinski definition) is 4. The number of carboxylic acids is 2. The molecule has 1 aliphatic heterocycles. The number of ether oxygens (including phenoxy) is 1. The fraction of sp³-hybridized carbons (Fsp3) is 0.778. The quantitative estimate of drug-likeness (QED) is 0.481. The highest BCUT2D eigenvalue weighted by Gasteiger charge is 2.38. The summed E-state index contributed by atoms with van der Waals surface area (Å²) in [4.78, 5) is 18.2. The molecule has 1 heterocycles. The third-order valence-corrected chi connectivity index (χ3v) is 2.62. The molecular weight excluding hydrogens is 202 g/mol. The molecule has 86 valence electrons. The van der Waals surface area contributed by atoms with Gasteiger partial charge >= 0.3 is 11.9 Å². The Bertz CT molecular complexity index is 229. The van der Waals surface area contributed by atoms with Gasteiger partial charge in [-0.25, -0.2) is 9.59 Å². The van der Waals surface area contributed by atoms with Gasteiger partial charge in [0.1, 0.15) is 0 Å². The number of rotatable bonds is 0. The first-order valence-electron chi connectivity index (χ1n) is 4.85. The molecule has 0 aromatic carbocycles. The second kappa shape index (κ2) is 5.09. The van der Waals surface area contributed by atoms with Crippen molar-refractivity contribution in [3.63, 3.8) is 0 Å². The summed E-state index contributed by atoms with van der Waals surface area (Å²) in [5, 5.41) is 18.3. The zero-order chi connectivity index (χ0) is 11.3. The molecule has 15 heavy (non-hydrogen) atoms. The largest absolute Gasteiger partial charge is 0.473 e. The van der Waals surface area contributed by atoms with Crippen LogP contribution in [0.3, 0.4) is 0 Å². The molecular formula is C9H15NO5. The molecule has 6 nitrogen and oxygen atoms in total. The molecule has 0 radical (unpaired) electrons. The molecule has 0 amide bonds. The molecule has 1 aliphatic carbocycles. The van der Waals surface area contributed by atoms with E-state index in [0.717, 1.165) is 19.8 Å². The van der Waals surface area contributed by atoms with Gasteiger partial charge in [0.25, 0.3) is 0 Å². The summed E-state index contributed by atoms with van der Waals surface area (Å²) in [6, 6.07) is 0. The van der Waals surface area contributed by atoms with Gasteiger partial charge in [-0.2, -0.15) is 0 Å². The fourth-order valence-corrected chi connectivity index (χ4v) is 1.63. The van der Waals surface area contributed by atoms with Crippen LogP contribution >= 0.6 is 0 Å². The van der Waals surface area contributed by atoms with Crippen molar-refractivity contribution < 1.29 is 24.5 Å². The van der Waals surface area contributed by atoms with Gasteiger partial charge in [0, 0.05) is 12.1 Å². The minimum atomic E-state index is -1.82. The summed E-state index contributed by atoms with van der Waals surface area (Å²) in [5.41, 5.74) is 0.429. The van der Waals surface area contributed by atoms with Gasteiger partial charge in [-0.1, -0.05) is 0 Å². The van der Waals surface area contributed by atoms with Crippen LogP contribution in [0.5, 0.6) is 0 Å². The van der Waals surface area contributed by atoms with Crippen molar-refractivity contribution in [2.45, 2.75) is 24.8 Å². The molecule has 0 unspecified atom stereocenters. The van der Waals surface area contributed by atoms with Crippen LogP contribution in [0.1, 0.15) is 19.3 Å². The SMILES string of the molecule is C1CC2(C1)COCCN2.O=C(O)C(=O)O. The Kier molecular flexibility index (Phi) is 4.05. The van der Waals surface area contributed by atoms with Gasteiger partial charge < -0.3 is 20.3 Å². The Balaban J connectivity index is 0.000000167. The number of carboxylic acid groups (broad SMARTS) is 2. The molecule has 1 saturated carbocycles. The number of carbonyl (C=O) groups is 2. The molecule has 0 atom stereocenters. The Hall–Kier alpha value is -1.14. The van der Waals surface area contributed by atoms with Crippen LogP contribution in [-0.2, 0) is 14.3 Å². The lowest BCUT2D eigenvalue weighted by atomic mass is 9.77. The highest BCUT2D eigenvalue weighted by atomic mass is 16.5. The lowest BCUT2D eigenvalue weighted by Crippen LogP contribution is -2.58. The maximum Gasteiger partial charge on any atom is 0.414 e. The van der Waals surface area contributed by atoms with Crippen LogP contribution in [0, 0.1) is 0 Å². The standard InChI is InChI=1S/C7H13NO.C2H2O4/c1-2-7(3-1)6-9-5-4-8-7;3-1(4)2(5)6/h8H,1-6H2;(H,3,4)(H,5,6). The Labute approximate surface area is 87.2 Å². The highest BCUT2D eigenvalue weighted by molar-refractivity contribution is 6.27. The summed E-state index contributed by atoms with van der Waals surface area (Å²) in [6.07, 6.45) is 4.04. The van der Waals surface area contributed by atoms with Crippen molar-refractivity contribution in [1.29, 1.82) is 0 Å². The van der Waals surface area contributed by atoms with Gasteiger partial charge in [0.15, 0.2) is 0 Å². The Morgan fingerprint density at radius 2 is 1.80 bits per heavy atom. The average molecular weight is 217 g/mol. The summed E-state index contributed by atoms with van der Waals surface area (Å²) < 4.78 is 5.36. The second-order valence-electron chi connectivity index (χ2n) is 3.72. The maximum absolute atomic E-state index is 9.10. The van der Waals surface area contributed by atoms with E-state index in [1.165, 1.54) is 19.3 Å². The summed E-state index contributed by atoms with van der Waals surface area (Å²) >= 11 is 0. The fourth-order valence-electron chi connectivity index (χ4n) is 1.63. The third-order valence-electron chi connectivity index (χ3n) is 2.62. The molecule has 0 aromatic rings. The van der Waals surface area contributed by atoms with Crippen LogP contribution in [0.2, 0.25) is 0 Å². The van der Waals surface area contributed by atoms with E-state index in [-0.39, 0.29) is 0 Å². The van der Waals surface area contributed by atoms with Gasteiger partial charge in [-0.15, -0.1) is 0 Å². The van der Waals surface area contributed by atoms with Crippen LogP contribution in [0.4, 0.5) is 0 Å². The van der Waals surface area contributed by atoms with Crippen LogP contribution in [0.25, 0.3) is 0 Å². The third kappa shape index (κ3) is 3.49. The van der Waals surface area contributed by atoms with Gasteiger partial charge in [-0.3, -0.25) is 0 Å². The lowest BCUT2D eigenvalue weighted by Gasteiger charge is -2.45. The smallest absolute Gasteiger partial charge is 0.414 e. The summed E-state index contributed by atoms with van der Waals surface area (Å²) in [6.45, 7) is 2.91. The zero-order valence-electron chi connectivity index (χ0n) is 8.36. The minimum Gasteiger partial charge on any atom is -0.473 e. The van der Waals surface area contributed by atoms with Crippen molar-refractivity contribution in [2.24, 2.45) is 0 Å². The molecule has 1 spiro atoms. The predicted molar refractivity (Wildman–Crippen MR) is 50.7 cm³/mol. The minimum absolute atomic E-state index is 0.429. The van der Waals surface area contributed by atoms with E-state index >= 15 is 0 Å². The molecule has 2 rings (SSSR count). The van der Waals surface area contributed by atoms with E-state index in [9.17, 15) is 0 Å². The first-order valence-corrected chi connectivity index (χ1v) is 4.85. The Morgan fingerprint density at radius 3 is 2.00 bits per heavy atom. The van der Waals surface area contributed by atoms with Crippen molar-refractivity contribution in [2.75, 3.05) is 19.8 Å². The normalized spacial score (nSPS) is 22.1. The number of hydrogen-bond donors (Lipinski definition) is 3. The van der Waals surface area contributed by atoms with E-state index in [0.29, 0.717) is 5.54 Å². The van der Waals surface area contributed by atoms with Gasteiger partial charge in [0.05, 0.1) is 13.2 Å². The zero-order valence-corrected chi connectivity index (χ0v) is 8.36. The highest BCUT2D eigenvalue weighted by Crippen LogP contribution is 2.32. The molecule has 3 N–H and O–H groups in total. The van der Waals surface area contributed by atoms with Crippen molar-refractivity contribution >= 4 is 11.9 Å². The molecule has 6 heteroatoms. The van der Waals surface area contributed by atoms with Crippen LogP contribution < -0.4 is 5.32 Å². The van der Waals surface area contributed by atoms with E-state index in [2.05, 4.69) is 5.32 Å². The van der Waals surface area contributed by atoms with E-state index in [1.54, 1.807) is 0 Å². The van der Waals surface area contributed by atoms with Crippen molar-refractivity contribution in [3.8, 4) is 0 Å². The van der Waals surface area contributed by atoms with Crippen LogP contribution in [0.15, 0.2) is 0 Å². The topological polar surface area (TPSA) is 95.9 Å². The Morgan fingerprint density at radius 1 is 1.20 bits per heavy atom. The summed E-state index contributed by atoms with van der Waals surface area (Å²) in [5.74, 6) is -3.65. The van der Waals surface area contributed by atoms with Gasteiger partial charge in [-0.05, 0) is 19.3 Å². The van der Waals surface area contributed by atoms with Gasteiger partial charge in [0.2, 0.25) is 0 Å². The average Bonchev–Trinajstić information content (AvgIpc) is 2.17. The predicted octanol–water partition coefficient (Wildman–Crippen LogP) is -0.315. The molecule has 2 aliphatic rings. The molecule has 0 aromatic heterocycles. The van der Waals surface area contributed by atoms with Crippen molar-refractivity contribution in [1.82, 2.24) is 5.32 Å². The molecule has 0 bridgehead atoms. The van der Waals surface area contributed by atoms with Crippen molar-refractivity contribution in [3.05, 3.63) is 0 Å². The first-order chi connectivity index (χ1) is 7.06. The molecule has 1 saturated heterocycles. The lowest BCUT2D eigenvalue weighted by molar-refractivity contribution is -0.159. The molecule has 2 fully saturated rings. The van der Waals surface area contributed by atoms with Crippen LogP contribution in [-0.4, -0.2) is 47.4 Å². The second-order valence-corrected chi connectivity index (χ2v) is 3.72. The summed E-state index contributed by atoms with van der Waals surface area (Å²) in [7, 11) is 0. The van der Waals surface area contributed by atoms with E-state index in [1.807, 2.05) is 0 Å². The van der Waals surface area contributed by atoms with E-state index < -0.39 is 11.9 Å².